The van der Waals surface area contributed by atoms with Crippen molar-refractivity contribution in [3.05, 3.63) is 30.5 Å². The van der Waals surface area contributed by atoms with E-state index in [0.717, 1.165) is 23.4 Å². The molecule has 0 aliphatic heterocycles. The molecule has 2 aromatic rings. The molecule has 0 aliphatic rings. The van der Waals surface area contributed by atoms with E-state index in [1.165, 1.54) is 0 Å². The Labute approximate surface area is 106 Å². The molecular formula is C13H18N4O. The molecule has 0 bridgehead atoms. The zero-order valence-corrected chi connectivity index (χ0v) is 10.7. The average Bonchev–Trinajstić information content (AvgIpc) is 2.88. The van der Waals surface area contributed by atoms with E-state index < -0.39 is 5.54 Å². The Hall–Kier alpha value is -1.88. The van der Waals surface area contributed by atoms with Gasteiger partial charge in [-0.15, -0.1) is 5.10 Å². The monoisotopic (exact) mass is 246 g/mol. The van der Waals surface area contributed by atoms with Crippen molar-refractivity contribution in [2.75, 3.05) is 12.3 Å². The standard InChI is InChI=1S/C13H18N4O/c1-3-13(2,9-18)17-12(8-15-16-17)10-4-6-11(14)7-5-10/h4-8,18H,3,9,14H2,1-2H3. The van der Waals surface area contributed by atoms with Gasteiger partial charge in [-0.3, -0.25) is 0 Å². The average molecular weight is 246 g/mol. The first-order valence-corrected chi connectivity index (χ1v) is 5.98. The third-order valence-electron chi connectivity index (χ3n) is 3.37. The Morgan fingerprint density at radius 3 is 2.56 bits per heavy atom. The third kappa shape index (κ3) is 2.09. The van der Waals surface area contributed by atoms with E-state index in [2.05, 4.69) is 10.3 Å². The van der Waals surface area contributed by atoms with E-state index in [1.54, 1.807) is 10.9 Å². The van der Waals surface area contributed by atoms with Crippen LogP contribution in [0.15, 0.2) is 30.5 Å². The molecule has 18 heavy (non-hydrogen) atoms. The van der Waals surface area contributed by atoms with E-state index in [0.29, 0.717) is 0 Å². The zero-order chi connectivity index (χ0) is 13.2. The number of rotatable bonds is 4. The molecule has 1 atom stereocenters. The minimum absolute atomic E-state index is 0.0227. The van der Waals surface area contributed by atoms with Crippen molar-refractivity contribution in [2.45, 2.75) is 25.8 Å². The summed E-state index contributed by atoms with van der Waals surface area (Å²) < 4.78 is 1.78. The van der Waals surface area contributed by atoms with E-state index in [-0.39, 0.29) is 6.61 Å². The second-order valence-electron chi connectivity index (χ2n) is 4.66. The molecule has 0 radical (unpaired) electrons. The number of nitrogen functional groups attached to an aromatic ring is 1. The first-order chi connectivity index (χ1) is 8.60. The largest absolute Gasteiger partial charge is 0.399 e. The van der Waals surface area contributed by atoms with Crippen molar-refractivity contribution in [2.24, 2.45) is 0 Å². The maximum atomic E-state index is 9.56. The fourth-order valence-electron chi connectivity index (χ4n) is 1.81. The predicted octanol–water partition coefficient (Wildman–Crippen LogP) is 1.64. The molecule has 0 fully saturated rings. The van der Waals surface area contributed by atoms with Gasteiger partial charge in [0.1, 0.15) is 0 Å². The summed E-state index contributed by atoms with van der Waals surface area (Å²) in [5.74, 6) is 0. The van der Waals surface area contributed by atoms with Gasteiger partial charge in [0.2, 0.25) is 0 Å². The van der Waals surface area contributed by atoms with Crippen molar-refractivity contribution in [1.82, 2.24) is 15.0 Å². The molecule has 0 amide bonds. The highest BCUT2D eigenvalue weighted by Crippen LogP contribution is 2.27. The summed E-state index contributed by atoms with van der Waals surface area (Å²) in [6.07, 6.45) is 2.48. The van der Waals surface area contributed by atoms with Gasteiger partial charge in [-0.2, -0.15) is 0 Å². The SMILES string of the molecule is CCC(C)(CO)n1nncc1-c1ccc(N)cc1. The van der Waals surface area contributed by atoms with Gasteiger partial charge in [-0.05, 0) is 25.5 Å². The van der Waals surface area contributed by atoms with Crippen LogP contribution in [0.25, 0.3) is 11.3 Å². The van der Waals surface area contributed by atoms with Crippen LogP contribution in [0.3, 0.4) is 0 Å². The lowest BCUT2D eigenvalue weighted by Gasteiger charge is -2.27. The minimum Gasteiger partial charge on any atom is -0.399 e. The van der Waals surface area contributed by atoms with E-state index in [4.69, 9.17) is 5.73 Å². The van der Waals surface area contributed by atoms with Crippen LogP contribution < -0.4 is 5.73 Å². The number of benzene rings is 1. The number of anilines is 1. The zero-order valence-electron chi connectivity index (χ0n) is 10.7. The van der Waals surface area contributed by atoms with Crippen LogP contribution in [0.2, 0.25) is 0 Å². The topological polar surface area (TPSA) is 77.0 Å². The summed E-state index contributed by atoms with van der Waals surface area (Å²) in [7, 11) is 0. The number of aromatic nitrogens is 3. The predicted molar refractivity (Wildman–Crippen MR) is 70.9 cm³/mol. The molecule has 1 aromatic carbocycles. The Morgan fingerprint density at radius 1 is 1.33 bits per heavy atom. The van der Waals surface area contributed by atoms with Gasteiger partial charge < -0.3 is 10.8 Å². The lowest BCUT2D eigenvalue weighted by molar-refractivity contribution is 0.131. The molecule has 5 heteroatoms. The van der Waals surface area contributed by atoms with Crippen LogP contribution in [0, 0.1) is 0 Å². The van der Waals surface area contributed by atoms with Crippen molar-refractivity contribution in [1.29, 1.82) is 0 Å². The van der Waals surface area contributed by atoms with Gasteiger partial charge in [0, 0.05) is 11.3 Å². The molecule has 0 saturated carbocycles. The molecule has 96 valence electrons. The summed E-state index contributed by atoms with van der Waals surface area (Å²) in [5.41, 5.74) is 7.83. The van der Waals surface area contributed by atoms with Crippen molar-refractivity contribution >= 4 is 5.69 Å². The maximum Gasteiger partial charge on any atom is 0.0893 e. The quantitative estimate of drug-likeness (QED) is 0.804. The highest BCUT2D eigenvalue weighted by molar-refractivity contribution is 5.61. The summed E-state index contributed by atoms with van der Waals surface area (Å²) in [6.45, 7) is 4.00. The molecule has 5 nitrogen and oxygen atoms in total. The van der Waals surface area contributed by atoms with Gasteiger partial charge in [0.15, 0.2) is 0 Å². The lowest BCUT2D eigenvalue weighted by Crippen LogP contribution is -2.35. The summed E-state index contributed by atoms with van der Waals surface area (Å²) >= 11 is 0. The fraction of sp³-hybridized carbons (Fsp3) is 0.385. The van der Waals surface area contributed by atoms with Crippen LogP contribution in [0.5, 0.6) is 0 Å². The highest BCUT2D eigenvalue weighted by atomic mass is 16.3. The van der Waals surface area contributed by atoms with Crippen LogP contribution in [0.4, 0.5) is 5.69 Å². The number of hydrogen-bond acceptors (Lipinski definition) is 4. The maximum absolute atomic E-state index is 9.56. The highest BCUT2D eigenvalue weighted by Gasteiger charge is 2.27. The Kier molecular flexibility index (Phi) is 3.34. The van der Waals surface area contributed by atoms with Gasteiger partial charge in [0.25, 0.3) is 0 Å². The molecule has 0 saturated heterocycles. The second kappa shape index (κ2) is 4.78. The number of hydrogen-bond donors (Lipinski definition) is 2. The summed E-state index contributed by atoms with van der Waals surface area (Å²) in [4.78, 5) is 0. The number of aliphatic hydroxyl groups excluding tert-OH is 1. The van der Waals surface area contributed by atoms with E-state index in [9.17, 15) is 5.11 Å². The van der Waals surface area contributed by atoms with E-state index in [1.807, 2.05) is 38.1 Å². The number of nitrogens with two attached hydrogens (primary N) is 1. The minimum atomic E-state index is -0.437. The lowest BCUT2D eigenvalue weighted by atomic mass is 9.99. The van der Waals surface area contributed by atoms with Crippen LogP contribution >= 0.6 is 0 Å². The van der Waals surface area contributed by atoms with Crippen molar-refractivity contribution < 1.29 is 5.11 Å². The number of nitrogens with zero attached hydrogens (tertiary/aromatic N) is 3. The van der Waals surface area contributed by atoms with Crippen molar-refractivity contribution in [3.63, 3.8) is 0 Å². The smallest absolute Gasteiger partial charge is 0.0893 e. The van der Waals surface area contributed by atoms with Gasteiger partial charge in [-0.25, -0.2) is 4.68 Å². The van der Waals surface area contributed by atoms with Gasteiger partial charge >= 0.3 is 0 Å². The molecule has 0 aliphatic carbocycles. The molecular weight excluding hydrogens is 228 g/mol. The molecule has 1 unspecified atom stereocenters. The Morgan fingerprint density at radius 2 is 2.00 bits per heavy atom. The first-order valence-electron chi connectivity index (χ1n) is 5.98. The third-order valence-corrected chi connectivity index (χ3v) is 3.37. The van der Waals surface area contributed by atoms with Gasteiger partial charge in [-0.1, -0.05) is 24.3 Å². The number of aliphatic hydroxyl groups is 1. The molecule has 1 heterocycles. The van der Waals surface area contributed by atoms with Crippen molar-refractivity contribution in [3.8, 4) is 11.3 Å². The molecule has 2 rings (SSSR count). The molecule has 3 N–H and O–H groups in total. The normalized spacial score (nSPS) is 14.4. The fourth-order valence-corrected chi connectivity index (χ4v) is 1.81. The van der Waals surface area contributed by atoms with Crippen LogP contribution in [0.1, 0.15) is 20.3 Å². The summed E-state index contributed by atoms with van der Waals surface area (Å²) in [6, 6.07) is 7.54. The van der Waals surface area contributed by atoms with Crippen LogP contribution in [-0.2, 0) is 5.54 Å². The van der Waals surface area contributed by atoms with Crippen LogP contribution in [-0.4, -0.2) is 26.7 Å². The first kappa shape index (κ1) is 12.6. The second-order valence-corrected chi connectivity index (χ2v) is 4.66. The summed E-state index contributed by atoms with van der Waals surface area (Å²) in [5, 5.41) is 17.6. The Bertz CT molecular complexity index is 514. The molecule has 1 aromatic heterocycles. The van der Waals surface area contributed by atoms with Gasteiger partial charge in [0.05, 0.1) is 24.0 Å². The molecule has 0 spiro atoms. The van der Waals surface area contributed by atoms with E-state index >= 15 is 0 Å². The Balaban J connectivity index is 2.48.